The van der Waals surface area contributed by atoms with Crippen LogP contribution in [0.15, 0.2) is 67.0 Å². The minimum Gasteiger partial charge on any atom is -0.320 e. The maximum absolute atomic E-state index is 6.28. The molecule has 0 aliphatic heterocycles. The van der Waals surface area contributed by atoms with Gasteiger partial charge in [-0.3, -0.25) is 4.98 Å². The minimum atomic E-state index is -0.0994. The number of nitrogens with zero attached hydrogens (tertiary/aromatic N) is 1. The summed E-state index contributed by atoms with van der Waals surface area (Å²) >= 11 is 0. The smallest absolute Gasteiger partial charge is 0.0552 e. The van der Waals surface area contributed by atoms with Gasteiger partial charge in [0.1, 0.15) is 0 Å². The van der Waals surface area contributed by atoms with Crippen LogP contribution in [0, 0.1) is 0 Å². The predicted octanol–water partition coefficient (Wildman–Crippen LogP) is 3.28. The van der Waals surface area contributed by atoms with Gasteiger partial charge in [-0.05, 0) is 40.1 Å². The highest BCUT2D eigenvalue weighted by Gasteiger charge is 2.08. The van der Waals surface area contributed by atoms with Crippen molar-refractivity contribution in [1.29, 1.82) is 0 Å². The van der Waals surface area contributed by atoms with Gasteiger partial charge >= 0.3 is 0 Å². The summed E-state index contributed by atoms with van der Waals surface area (Å²) in [5.74, 6) is 0. The van der Waals surface area contributed by atoms with Gasteiger partial charge in [0.15, 0.2) is 0 Å². The van der Waals surface area contributed by atoms with Crippen LogP contribution in [0.4, 0.5) is 0 Å². The molecule has 1 heterocycles. The molecular formula is C16H14N2. The molecule has 3 rings (SSSR count). The Labute approximate surface area is 106 Å². The Morgan fingerprint density at radius 2 is 1.50 bits per heavy atom. The lowest BCUT2D eigenvalue weighted by molar-refractivity contribution is 0.870. The number of benzene rings is 2. The first kappa shape index (κ1) is 10.9. The summed E-state index contributed by atoms with van der Waals surface area (Å²) in [6.45, 7) is 0. The highest BCUT2D eigenvalue weighted by atomic mass is 14.7. The summed E-state index contributed by atoms with van der Waals surface area (Å²) in [5.41, 5.74) is 8.49. The first-order valence-corrected chi connectivity index (χ1v) is 5.99. The van der Waals surface area contributed by atoms with Crippen LogP contribution in [-0.4, -0.2) is 4.98 Å². The van der Waals surface area contributed by atoms with E-state index in [0.29, 0.717) is 0 Å². The van der Waals surface area contributed by atoms with Crippen LogP contribution in [0.1, 0.15) is 17.2 Å². The number of nitrogens with two attached hydrogens (primary N) is 1. The average molecular weight is 234 g/mol. The van der Waals surface area contributed by atoms with Gasteiger partial charge in [-0.25, -0.2) is 0 Å². The molecule has 0 fully saturated rings. The van der Waals surface area contributed by atoms with Gasteiger partial charge in [0.05, 0.1) is 6.04 Å². The lowest BCUT2D eigenvalue weighted by atomic mass is 9.98. The van der Waals surface area contributed by atoms with E-state index in [1.807, 2.05) is 24.3 Å². The predicted molar refractivity (Wildman–Crippen MR) is 74.2 cm³/mol. The first-order chi connectivity index (χ1) is 8.84. The van der Waals surface area contributed by atoms with Crippen LogP contribution in [0.25, 0.3) is 10.8 Å². The molecule has 2 heteroatoms. The summed E-state index contributed by atoms with van der Waals surface area (Å²) in [5, 5.41) is 2.46. The Hall–Kier alpha value is -2.19. The van der Waals surface area contributed by atoms with Gasteiger partial charge in [-0.1, -0.05) is 36.4 Å². The normalized spacial score (nSPS) is 12.5. The molecule has 2 N–H and O–H groups in total. The molecule has 1 unspecified atom stereocenters. The van der Waals surface area contributed by atoms with Crippen molar-refractivity contribution in [3.05, 3.63) is 78.1 Å². The van der Waals surface area contributed by atoms with Gasteiger partial charge in [0, 0.05) is 12.4 Å². The van der Waals surface area contributed by atoms with Gasteiger partial charge in [-0.15, -0.1) is 0 Å². The second kappa shape index (κ2) is 4.59. The van der Waals surface area contributed by atoms with E-state index in [0.717, 1.165) is 11.1 Å². The van der Waals surface area contributed by atoms with Crippen molar-refractivity contribution in [1.82, 2.24) is 4.98 Å². The van der Waals surface area contributed by atoms with E-state index in [9.17, 15) is 0 Å². The fraction of sp³-hybridized carbons (Fsp3) is 0.0625. The second-order valence-corrected chi connectivity index (χ2v) is 4.36. The number of aromatic nitrogens is 1. The van der Waals surface area contributed by atoms with Crippen LogP contribution in [0.2, 0.25) is 0 Å². The lowest BCUT2D eigenvalue weighted by Crippen LogP contribution is -2.11. The Bertz CT molecular complexity index is 662. The van der Waals surface area contributed by atoms with E-state index < -0.39 is 0 Å². The Morgan fingerprint density at radius 1 is 0.778 bits per heavy atom. The quantitative estimate of drug-likeness (QED) is 0.739. The molecule has 1 atom stereocenters. The van der Waals surface area contributed by atoms with Crippen LogP contribution in [0.3, 0.4) is 0 Å². The van der Waals surface area contributed by atoms with Crippen molar-refractivity contribution in [2.24, 2.45) is 5.73 Å². The first-order valence-electron chi connectivity index (χ1n) is 5.99. The monoisotopic (exact) mass is 234 g/mol. The molecule has 0 amide bonds. The second-order valence-electron chi connectivity index (χ2n) is 4.36. The summed E-state index contributed by atoms with van der Waals surface area (Å²) in [6, 6.07) is 18.5. The molecule has 88 valence electrons. The number of hydrogen-bond acceptors (Lipinski definition) is 2. The van der Waals surface area contributed by atoms with Crippen molar-refractivity contribution in [2.75, 3.05) is 0 Å². The van der Waals surface area contributed by atoms with E-state index >= 15 is 0 Å². The molecule has 0 aliphatic carbocycles. The Morgan fingerprint density at radius 3 is 2.28 bits per heavy atom. The summed E-state index contributed by atoms with van der Waals surface area (Å²) in [7, 11) is 0. The van der Waals surface area contributed by atoms with Crippen LogP contribution >= 0.6 is 0 Å². The molecule has 3 aromatic rings. The van der Waals surface area contributed by atoms with Crippen molar-refractivity contribution in [2.45, 2.75) is 6.04 Å². The van der Waals surface area contributed by atoms with Crippen molar-refractivity contribution < 1.29 is 0 Å². The largest absolute Gasteiger partial charge is 0.320 e. The third kappa shape index (κ3) is 1.98. The van der Waals surface area contributed by atoms with Crippen LogP contribution < -0.4 is 5.73 Å². The number of rotatable bonds is 2. The van der Waals surface area contributed by atoms with Gasteiger partial charge in [0.2, 0.25) is 0 Å². The lowest BCUT2D eigenvalue weighted by Gasteiger charge is -2.13. The molecule has 0 aliphatic rings. The highest BCUT2D eigenvalue weighted by Crippen LogP contribution is 2.23. The fourth-order valence-corrected chi connectivity index (χ4v) is 2.16. The van der Waals surface area contributed by atoms with E-state index in [2.05, 4.69) is 35.3 Å². The van der Waals surface area contributed by atoms with E-state index in [4.69, 9.17) is 5.73 Å². The molecule has 2 nitrogen and oxygen atoms in total. The molecule has 0 saturated carbocycles. The topological polar surface area (TPSA) is 38.9 Å². The maximum Gasteiger partial charge on any atom is 0.0552 e. The molecule has 0 saturated heterocycles. The molecule has 2 aromatic carbocycles. The number of hydrogen-bond donors (Lipinski definition) is 1. The summed E-state index contributed by atoms with van der Waals surface area (Å²) < 4.78 is 0. The van der Waals surface area contributed by atoms with E-state index in [-0.39, 0.29) is 6.04 Å². The molecule has 0 spiro atoms. The van der Waals surface area contributed by atoms with Gasteiger partial charge < -0.3 is 5.73 Å². The van der Waals surface area contributed by atoms with E-state index in [1.165, 1.54) is 10.8 Å². The number of pyridine rings is 1. The van der Waals surface area contributed by atoms with Crippen molar-refractivity contribution >= 4 is 10.8 Å². The molecule has 1 aromatic heterocycles. The highest BCUT2D eigenvalue weighted by molar-refractivity contribution is 5.83. The fourth-order valence-electron chi connectivity index (χ4n) is 2.16. The minimum absolute atomic E-state index is 0.0994. The third-order valence-electron chi connectivity index (χ3n) is 3.20. The van der Waals surface area contributed by atoms with Crippen LogP contribution in [-0.2, 0) is 0 Å². The maximum atomic E-state index is 6.28. The SMILES string of the molecule is NC(c1ccncc1)c1ccc2ccccc2c1. The van der Waals surface area contributed by atoms with Crippen molar-refractivity contribution in [3.63, 3.8) is 0 Å². The zero-order valence-electron chi connectivity index (χ0n) is 9.95. The molecule has 0 bridgehead atoms. The van der Waals surface area contributed by atoms with Gasteiger partial charge in [-0.2, -0.15) is 0 Å². The zero-order valence-corrected chi connectivity index (χ0v) is 9.95. The number of fused-ring (bicyclic) bond motifs is 1. The van der Waals surface area contributed by atoms with E-state index in [1.54, 1.807) is 12.4 Å². The molecule has 18 heavy (non-hydrogen) atoms. The Kier molecular flexibility index (Phi) is 2.79. The zero-order chi connectivity index (χ0) is 12.4. The molecule has 0 radical (unpaired) electrons. The van der Waals surface area contributed by atoms with Gasteiger partial charge in [0.25, 0.3) is 0 Å². The summed E-state index contributed by atoms with van der Waals surface area (Å²) in [4.78, 5) is 4.02. The standard InChI is InChI=1S/C16H14N2/c17-16(13-7-9-18-10-8-13)15-6-5-12-3-1-2-4-14(12)11-15/h1-11,16H,17H2. The van der Waals surface area contributed by atoms with Crippen molar-refractivity contribution in [3.8, 4) is 0 Å². The average Bonchev–Trinajstić information content (AvgIpc) is 2.47. The summed E-state index contributed by atoms with van der Waals surface area (Å²) in [6.07, 6.45) is 3.55. The Balaban J connectivity index is 2.04. The van der Waals surface area contributed by atoms with Crippen LogP contribution in [0.5, 0.6) is 0 Å². The third-order valence-corrected chi connectivity index (χ3v) is 3.20. The molecular weight excluding hydrogens is 220 g/mol.